The van der Waals surface area contributed by atoms with E-state index in [1.165, 1.54) is 21.7 Å². The van der Waals surface area contributed by atoms with E-state index in [1.807, 2.05) is 37.3 Å². The van der Waals surface area contributed by atoms with Crippen LogP contribution < -0.4 is 10.6 Å². The summed E-state index contributed by atoms with van der Waals surface area (Å²) in [6.07, 6.45) is 0.674. The van der Waals surface area contributed by atoms with Crippen LogP contribution in [0.2, 0.25) is 5.02 Å². The van der Waals surface area contributed by atoms with Crippen molar-refractivity contribution in [3.63, 3.8) is 0 Å². The van der Waals surface area contributed by atoms with Gasteiger partial charge in [0.25, 0.3) is 0 Å². The van der Waals surface area contributed by atoms with Crippen molar-refractivity contribution in [2.24, 2.45) is 0 Å². The largest absolute Gasteiger partial charge is 0.322 e. The lowest BCUT2D eigenvalue weighted by Gasteiger charge is -2.22. The van der Waals surface area contributed by atoms with Crippen molar-refractivity contribution < 1.29 is 14.0 Å². The zero-order valence-electron chi connectivity index (χ0n) is 19.6. The number of carbonyl (C=O) groups is 2. The number of halogens is 2. The zero-order chi connectivity index (χ0) is 25.5. The summed E-state index contributed by atoms with van der Waals surface area (Å²) in [4.78, 5) is 27.3. The highest BCUT2D eigenvalue weighted by Crippen LogP contribution is 2.25. The van der Waals surface area contributed by atoms with E-state index in [0.29, 0.717) is 40.9 Å². The number of aromatic nitrogens is 2. The number of rotatable bonds is 8. The molecule has 0 saturated heterocycles. The van der Waals surface area contributed by atoms with E-state index in [-0.39, 0.29) is 12.4 Å². The molecule has 2 N–H and O–H groups in total. The number of hydrogen-bond donors (Lipinski definition) is 2. The Hall–Kier alpha value is -4.17. The highest BCUT2D eigenvalue weighted by atomic mass is 35.5. The minimum atomic E-state index is -0.397. The maximum absolute atomic E-state index is 13.5. The summed E-state index contributed by atoms with van der Waals surface area (Å²) < 4.78 is 15.0. The van der Waals surface area contributed by atoms with E-state index in [0.717, 1.165) is 5.56 Å². The Labute approximate surface area is 213 Å². The first-order valence-electron chi connectivity index (χ1n) is 11.5. The van der Waals surface area contributed by atoms with Crippen LogP contribution in [0.15, 0.2) is 84.9 Å². The quantitative estimate of drug-likeness (QED) is 0.298. The number of hydrogen-bond acceptors (Lipinski definition) is 3. The first kappa shape index (κ1) is 24.9. The molecule has 4 rings (SSSR count). The molecule has 36 heavy (non-hydrogen) atoms. The number of carbonyl (C=O) groups excluding carboxylic acids is 2. The molecule has 0 spiro atoms. The standard InChI is InChI=1S/C27H25ClFN5O2/c1-2-16-33(27(36)30-22-12-8-20(28)9-13-22)18-26(35)31-25-17-24(19-6-4-3-5-7-19)32-34(25)23-14-10-21(29)11-15-23/h3-15,17H,2,16,18H2,1H3,(H,30,36)(H,31,35). The molecule has 7 nitrogen and oxygen atoms in total. The lowest BCUT2D eigenvalue weighted by Crippen LogP contribution is -2.41. The van der Waals surface area contributed by atoms with E-state index in [2.05, 4.69) is 15.7 Å². The van der Waals surface area contributed by atoms with Gasteiger partial charge in [-0.3, -0.25) is 4.79 Å². The SMILES string of the molecule is CCCN(CC(=O)Nc1cc(-c2ccccc2)nn1-c1ccc(F)cc1)C(=O)Nc1ccc(Cl)cc1. The van der Waals surface area contributed by atoms with E-state index >= 15 is 0 Å². The molecule has 0 radical (unpaired) electrons. The minimum Gasteiger partial charge on any atom is -0.315 e. The van der Waals surface area contributed by atoms with Gasteiger partial charge in [0.15, 0.2) is 0 Å². The lowest BCUT2D eigenvalue weighted by molar-refractivity contribution is -0.116. The molecular formula is C27H25ClFN5O2. The summed E-state index contributed by atoms with van der Waals surface area (Å²) in [5.41, 5.74) is 2.66. The van der Waals surface area contributed by atoms with Gasteiger partial charge in [-0.2, -0.15) is 5.10 Å². The van der Waals surface area contributed by atoms with Gasteiger partial charge in [0.2, 0.25) is 5.91 Å². The second kappa shape index (κ2) is 11.5. The van der Waals surface area contributed by atoms with Gasteiger partial charge in [-0.1, -0.05) is 48.9 Å². The Morgan fingerprint density at radius 2 is 1.67 bits per heavy atom. The molecule has 3 amide bonds. The Morgan fingerprint density at radius 3 is 2.33 bits per heavy atom. The van der Waals surface area contributed by atoms with Gasteiger partial charge in [0, 0.05) is 28.9 Å². The van der Waals surface area contributed by atoms with Gasteiger partial charge in [0.1, 0.15) is 18.2 Å². The van der Waals surface area contributed by atoms with Crippen molar-refractivity contribution in [2.75, 3.05) is 23.7 Å². The Kier molecular flexibility index (Phi) is 7.97. The number of nitrogens with one attached hydrogen (secondary N) is 2. The molecule has 1 aromatic heterocycles. The third kappa shape index (κ3) is 6.28. The monoisotopic (exact) mass is 505 g/mol. The van der Waals surface area contributed by atoms with Gasteiger partial charge in [-0.05, 0) is 55.0 Å². The molecule has 0 aliphatic heterocycles. The summed E-state index contributed by atoms with van der Waals surface area (Å²) in [7, 11) is 0. The summed E-state index contributed by atoms with van der Waals surface area (Å²) >= 11 is 5.91. The van der Waals surface area contributed by atoms with E-state index in [9.17, 15) is 14.0 Å². The number of anilines is 2. The lowest BCUT2D eigenvalue weighted by atomic mass is 10.1. The summed E-state index contributed by atoms with van der Waals surface area (Å²) in [6.45, 7) is 2.15. The maximum atomic E-state index is 13.5. The first-order valence-corrected chi connectivity index (χ1v) is 11.8. The van der Waals surface area contributed by atoms with Crippen LogP contribution in [0.3, 0.4) is 0 Å². The molecule has 0 aliphatic carbocycles. The number of amides is 3. The van der Waals surface area contributed by atoms with Gasteiger partial charge in [0.05, 0.1) is 11.4 Å². The molecule has 4 aromatic rings. The first-order chi connectivity index (χ1) is 17.4. The third-order valence-electron chi connectivity index (χ3n) is 5.33. The number of urea groups is 1. The van der Waals surface area contributed by atoms with Crippen LogP contribution in [-0.4, -0.2) is 39.7 Å². The third-order valence-corrected chi connectivity index (χ3v) is 5.58. The molecule has 9 heteroatoms. The Morgan fingerprint density at radius 1 is 0.972 bits per heavy atom. The summed E-state index contributed by atoms with van der Waals surface area (Å²) in [5.74, 6) is -0.362. The van der Waals surface area contributed by atoms with Crippen molar-refractivity contribution in [1.82, 2.24) is 14.7 Å². The van der Waals surface area contributed by atoms with E-state index in [1.54, 1.807) is 42.5 Å². The van der Waals surface area contributed by atoms with Gasteiger partial charge >= 0.3 is 6.03 Å². The molecule has 184 valence electrons. The Balaban J connectivity index is 1.54. The van der Waals surface area contributed by atoms with Crippen LogP contribution in [0.4, 0.5) is 20.7 Å². The fourth-order valence-electron chi connectivity index (χ4n) is 3.61. The van der Waals surface area contributed by atoms with E-state index in [4.69, 9.17) is 11.6 Å². The zero-order valence-corrected chi connectivity index (χ0v) is 20.4. The van der Waals surface area contributed by atoms with Crippen LogP contribution in [0.25, 0.3) is 16.9 Å². The van der Waals surface area contributed by atoms with Crippen LogP contribution >= 0.6 is 11.6 Å². The Bertz CT molecular complexity index is 1320. The van der Waals surface area contributed by atoms with Crippen LogP contribution in [0.5, 0.6) is 0 Å². The summed E-state index contributed by atoms with van der Waals surface area (Å²) in [5, 5.41) is 10.8. The van der Waals surface area contributed by atoms with Crippen LogP contribution in [0.1, 0.15) is 13.3 Å². The van der Waals surface area contributed by atoms with Gasteiger partial charge < -0.3 is 15.5 Å². The molecule has 0 aliphatic rings. The van der Waals surface area contributed by atoms with Crippen LogP contribution in [-0.2, 0) is 4.79 Å². The second-order valence-corrected chi connectivity index (χ2v) is 8.51. The minimum absolute atomic E-state index is 0.164. The average molecular weight is 506 g/mol. The van der Waals surface area contributed by atoms with Crippen molar-refractivity contribution in [1.29, 1.82) is 0 Å². The van der Waals surface area contributed by atoms with Gasteiger partial charge in [-0.15, -0.1) is 0 Å². The fourth-order valence-corrected chi connectivity index (χ4v) is 3.74. The van der Waals surface area contributed by atoms with Crippen LogP contribution in [0, 0.1) is 5.82 Å². The van der Waals surface area contributed by atoms with Crippen molar-refractivity contribution in [3.05, 3.63) is 95.8 Å². The van der Waals surface area contributed by atoms with Crippen molar-refractivity contribution >= 4 is 35.0 Å². The maximum Gasteiger partial charge on any atom is 0.322 e. The smallest absolute Gasteiger partial charge is 0.315 e. The van der Waals surface area contributed by atoms with Crippen molar-refractivity contribution in [3.8, 4) is 16.9 Å². The molecule has 3 aromatic carbocycles. The molecule has 0 saturated carbocycles. The molecule has 0 fully saturated rings. The predicted molar refractivity (Wildman–Crippen MR) is 140 cm³/mol. The van der Waals surface area contributed by atoms with Crippen molar-refractivity contribution in [2.45, 2.75) is 13.3 Å². The fraction of sp³-hybridized carbons (Fsp3) is 0.148. The molecule has 0 bridgehead atoms. The molecule has 0 atom stereocenters. The number of nitrogens with zero attached hydrogens (tertiary/aromatic N) is 3. The molecular weight excluding hydrogens is 481 g/mol. The summed E-state index contributed by atoms with van der Waals surface area (Å²) in [6, 6.07) is 23.4. The molecule has 0 unspecified atom stereocenters. The highest BCUT2D eigenvalue weighted by Gasteiger charge is 2.19. The normalized spacial score (nSPS) is 10.6. The van der Waals surface area contributed by atoms with Gasteiger partial charge in [-0.25, -0.2) is 13.9 Å². The second-order valence-electron chi connectivity index (χ2n) is 8.08. The average Bonchev–Trinajstić information content (AvgIpc) is 3.29. The molecule has 1 heterocycles. The van der Waals surface area contributed by atoms with E-state index < -0.39 is 11.9 Å². The number of benzene rings is 3. The highest BCUT2D eigenvalue weighted by molar-refractivity contribution is 6.30. The topological polar surface area (TPSA) is 79.3 Å². The predicted octanol–water partition coefficient (Wildman–Crippen LogP) is 6.21.